The lowest BCUT2D eigenvalue weighted by atomic mass is 10.1. The van der Waals surface area contributed by atoms with Gasteiger partial charge in [-0.25, -0.2) is 9.78 Å². The predicted octanol–water partition coefficient (Wildman–Crippen LogP) is 5.54. The average Bonchev–Trinajstić information content (AvgIpc) is 3.27. The number of aromatic nitrogens is 1. The first-order valence-electron chi connectivity index (χ1n) is 10.9. The van der Waals surface area contributed by atoms with E-state index in [1.807, 2.05) is 45.0 Å². The standard InChI is InChI=1S/C25H28N2O5S/c1-5-18-10-8-9-11-21(18)27(17(4)28)25-26-20(16-33-25)15-32-24(29)19-12-13-22(30-6-2)23(14-19)31-7-3/h8-14,16H,5-7,15H2,1-4H3. The number of carbonyl (C=O) groups is 2. The first kappa shape index (κ1) is 24.3. The average molecular weight is 469 g/mol. The number of amides is 1. The van der Waals surface area contributed by atoms with E-state index >= 15 is 0 Å². The van der Waals surface area contributed by atoms with Crippen LogP contribution < -0.4 is 14.4 Å². The molecule has 0 N–H and O–H groups in total. The Hall–Kier alpha value is -3.39. The Morgan fingerprint density at radius 2 is 1.73 bits per heavy atom. The maximum absolute atomic E-state index is 12.6. The zero-order valence-electron chi connectivity index (χ0n) is 19.3. The van der Waals surface area contributed by atoms with Crippen LogP contribution in [0, 0.1) is 0 Å². The molecule has 8 heteroatoms. The van der Waals surface area contributed by atoms with Crippen molar-refractivity contribution in [3.8, 4) is 11.5 Å². The van der Waals surface area contributed by atoms with Crippen molar-refractivity contribution in [3.05, 3.63) is 64.7 Å². The first-order chi connectivity index (χ1) is 16.0. The number of esters is 1. The molecule has 3 aromatic rings. The van der Waals surface area contributed by atoms with Gasteiger partial charge in [-0.15, -0.1) is 11.3 Å². The summed E-state index contributed by atoms with van der Waals surface area (Å²) < 4.78 is 16.6. The summed E-state index contributed by atoms with van der Waals surface area (Å²) in [6.45, 7) is 8.24. The molecule has 7 nitrogen and oxygen atoms in total. The molecule has 0 saturated carbocycles. The van der Waals surface area contributed by atoms with Crippen LogP contribution >= 0.6 is 11.3 Å². The van der Waals surface area contributed by atoms with Crippen LogP contribution in [0.25, 0.3) is 0 Å². The number of aryl methyl sites for hydroxylation is 1. The van der Waals surface area contributed by atoms with E-state index in [4.69, 9.17) is 14.2 Å². The molecule has 0 fully saturated rings. The van der Waals surface area contributed by atoms with Crippen LogP contribution in [0.3, 0.4) is 0 Å². The van der Waals surface area contributed by atoms with Crippen LogP contribution in [-0.2, 0) is 22.6 Å². The van der Waals surface area contributed by atoms with Crippen molar-refractivity contribution < 1.29 is 23.8 Å². The highest BCUT2D eigenvalue weighted by atomic mass is 32.1. The fourth-order valence-electron chi connectivity index (χ4n) is 3.30. The summed E-state index contributed by atoms with van der Waals surface area (Å²) in [6.07, 6.45) is 0.793. The third-order valence-electron chi connectivity index (χ3n) is 4.79. The predicted molar refractivity (Wildman–Crippen MR) is 129 cm³/mol. The molecule has 2 aromatic carbocycles. The fourth-order valence-corrected chi connectivity index (χ4v) is 4.17. The van der Waals surface area contributed by atoms with Crippen LogP contribution in [-0.4, -0.2) is 30.1 Å². The van der Waals surface area contributed by atoms with Crippen LogP contribution in [0.15, 0.2) is 47.8 Å². The summed E-state index contributed by atoms with van der Waals surface area (Å²) in [6, 6.07) is 12.7. The van der Waals surface area contributed by atoms with Gasteiger partial charge < -0.3 is 14.2 Å². The Morgan fingerprint density at radius 3 is 2.42 bits per heavy atom. The largest absolute Gasteiger partial charge is 0.490 e. The number of carbonyl (C=O) groups excluding carboxylic acids is 2. The number of hydrogen-bond acceptors (Lipinski definition) is 7. The van der Waals surface area contributed by atoms with E-state index in [9.17, 15) is 9.59 Å². The van der Waals surface area contributed by atoms with Gasteiger partial charge in [-0.1, -0.05) is 25.1 Å². The Morgan fingerprint density at radius 1 is 1.00 bits per heavy atom. The molecule has 0 radical (unpaired) electrons. The number of thiazole rings is 1. The lowest BCUT2D eigenvalue weighted by Crippen LogP contribution is -2.23. The molecule has 1 heterocycles. The van der Waals surface area contributed by atoms with Gasteiger partial charge >= 0.3 is 5.97 Å². The van der Waals surface area contributed by atoms with Gasteiger partial charge in [-0.2, -0.15) is 0 Å². The Balaban J connectivity index is 1.73. The highest BCUT2D eigenvalue weighted by molar-refractivity contribution is 7.14. The molecule has 33 heavy (non-hydrogen) atoms. The summed E-state index contributed by atoms with van der Waals surface area (Å²) in [7, 11) is 0. The summed E-state index contributed by atoms with van der Waals surface area (Å²) in [5.74, 6) is 0.452. The molecule has 0 aliphatic heterocycles. The van der Waals surface area contributed by atoms with Gasteiger partial charge in [0.05, 0.1) is 30.2 Å². The van der Waals surface area contributed by atoms with Gasteiger partial charge in [0.25, 0.3) is 0 Å². The Kier molecular flexibility index (Phi) is 8.43. The molecule has 0 atom stereocenters. The highest BCUT2D eigenvalue weighted by Gasteiger charge is 2.21. The quantitative estimate of drug-likeness (QED) is 0.363. The molecule has 1 aromatic heterocycles. The smallest absolute Gasteiger partial charge is 0.338 e. The minimum atomic E-state index is -0.492. The molecule has 3 rings (SSSR count). The fraction of sp³-hybridized carbons (Fsp3) is 0.320. The summed E-state index contributed by atoms with van der Waals surface area (Å²) >= 11 is 1.33. The van der Waals surface area contributed by atoms with E-state index in [2.05, 4.69) is 4.98 Å². The van der Waals surface area contributed by atoms with E-state index in [1.54, 1.807) is 28.5 Å². The SMILES string of the molecule is CCOc1ccc(C(=O)OCc2csc(N(C(C)=O)c3ccccc3CC)n2)cc1OCC. The Bertz CT molecular complexity index is 1110. The lowest BCUT2D eigenvalue weighted by Gasteiger charge is -2.20. The molecular formula is C25H28N2O5S. The van der Waals surface area contributed by atoms with Gasteiger partial charge in [-0.3, -0.25) is 9.69 Å². The van der Waals surface area contributed by atoms with Crippen LogP contribution in [0.5, 0.6) is 11.5 Å². The van der Waals surface area contributed by atoms with Crippen molar-refractivity contribution in [2.75, 3.05) is 18.1 Å². The number of rotatable bonds is 10. The van der Waals surface area contributed by atoms with Crippen LogP contribution in [0.4, 0.5) is 10.8 Å². The summed E-state index contributed by atoms with van der Waals surface area (Å²) in [4.78, 5) is 31.1. The van der Waals surface area contributed by atoms with Crippen molar-refractivity contribution >= 4 is 34.0 Å². The maximum Gasteiger partial charge on any atom is 0.338 e. The molecule has 0 spiro atoms. The number of nitrogens with zero attached hydrogens (tertiary/aromatic N) is 2. The monoisotopic (exact) mass is 468 g/mol. The van der Waals surface area contributed by atoms with E-state index in [0.717, 1.165) is 17.7 Å². The van der Waals surface area contributed by atoms with Crippen molar-refractivity contribution in [3.63, 3.8) is 0 Å². The molecule has 1 amide bonds. The third-order valence-corrected chi connectivity index (χ3v) is 5.66. The van der Waals surface area contributed by atoms with E-state index in [0.29, 0.717) is 41.1 Å². The van der Waals surface area contributed by atoms with Gasteiger partial charge in [-0.05, 0) is 50.1 Å². The zero-order valence-corrected chi connectivity index (χ0v) is 20.1. The topological polar surface area (TPSA) is 78.0 Å². The van der Waals surface area contributed by atoms with Crippen molar-refractivity contribution in [2.24, 2.45) is 0 Å². The molecule has 0 saturated heterocycles. The minimum absolute atomic E-state index is 0.00627. The maximum atomic E-state index is 12.6. The minimum Gasteiger partial charge on any atom is -0.490 e. The molecule has 0 aliphatic rings. The Labute approximate surface area is 197 Å². The summed E-state index contributed by atoms with van der Waals surface area (Å²) in [5.41, 5.74) is 2.79. The number of hydrogen-bond donors (Lipinski definition) is 0. The van der Waals surface area contributed by atoms with Crippen molar-refractivity contribution in [2.45, 2.75) is 40.7 Å². The number of benzene rings is 2. The molecular weight excluding hydrogens is 440 g/mol. The lowest BCUT2D eigenvalue weighted by molar-refractivity contribution is -0.115. The molecule has 174 valence electrons. The molecule has 0 bridgehead atoms. The second kappa shape index (κ2) is 11.5. The first-order valence-corrected chi connectivity index (χ1v) is 11.8. The van der Waals surface area contributed by atoms with E-state index in [1.165, 1.54) is 18.3 Å². The van der Waals surface area contributed by atoms with E-state index in [-0.39, 0.29) is 12.5 Å². The zero-order chi connectivity index (χ0) is 23.8. The van der Waals surface area contributed by atoms with Crippen molar-refractivity contribution in [1.29, 1.82) is 0 Å². The second-order valence-corrected chi connectivity index (χ2v) is 7.90. The summed E-state index contributed by atoms with van der Waals surface area (Å²) in [5, 5.41) is 2.32. The number of ether oxygens (including phenoxy) is 3. The van der Waals surface area contributed by atoms with Crippen LogP contribution in [0.2, 0.25) is 0 Å². The van der Waals surface area contributed by atoms with Crippen molar-refractivity contribution in [1.82, 2.24) is 4.98 Å². The van der Waals surface area contributed by atoms with E-state index < -0.39 is 5.97 Å². The van der Waals surface area contributed by atoms with Gasteiger partial charge in [0, 0.05) is 12.3 Å². The highest BCUT2D eigenvalue weighted by Crippen LogP contribution is 2.32. The number of para-hydroxylation sites is 1. The normalized spacial score (nSPS) is 10.5. The van der Waals surface area contributed by atoms with Crippen LogP contribution in [0.1, 0.15) is 49.3 Å². The van der Waals surface area contributed by atoms with Gasteiger partial charge in [0.15, 0.2) is 16.6 Å². The molecule has 0 unspecified atom stereocenters. The molecule has 0 aliphatic carbocycles. The third kappa shape index (κ3) is 5.90. The number of anilines is 2. The second-order valence-electron chi connectivity index (χ2n) is 7.06. The van der Waals surface area contributed by atoms with Gasteiger partial charge in [0.1, 0.15) is 6.61 Å². The van der Waals surface area contributed by atoms with Gasteiger partial charge in [0.2, 0.25) is 5.91 Å².